The van der Waals surface area contributed by atoms with Gasteiger partial charge in [0.25, 0.3) is 0 Å². The number of nitrogens with one attached hydrogen (secondary N) is 1. The summed E-state index contributed by atoms with van der Waals surface area (Å²) < 4.78 is 37.1. The molecule has 0 spiro atoms. The molecule has 0 heterocycles. The number of urea groups is 1. The van der Waals surface area contributed by atoms with Crippen LogP contribution < -0.4 is 5.32 Å². The number of carbonyl (C=O) groups excluding carboxylic acids is 1. The number of hydrogen-bond acceptors (Lipinski definition) is 1. The average Bonchev–Trinajstić information content (AvgIpc) is 2.27. The van der Waals surface area contributed by atoms with Gasteiger partial charge in [0.1, 0.15) is 0 Å². The molecule has 1 aromatic carbocycles. The molecule has 0 saturated heterocycles. The van der Waals surface area contributed by atoms with Gasteiger partial charge in [-0.3, -0.25) is 0 Å². The fraction of sp³-hybridized carbons (Fsp3) is 0.462. The molecule has 0 aliphatic carbocycles. The van der Waals surface area contributed by atoms with Gasteiger partial charge in [-0.25, -0.2) is 4.79 Å². The molecule has 0 aromatic heterocycles. The molecule has 19 heavy (non-hydrogen) atoms. The van der Waals surface area contributed by atoms with Crippen molar-refractivity contribution >= 4 is 6.03 Å². The maximum Gasteiger partial charge on any atom is 0.416 e. The zero-order valence-corrected chi connectivity index (χ0v) is 11.1. The van der Waals surface area contributed by atoms with Crippen molar-refractivity contribution in [2.45, 2.75) is 32.6 Å². The van der Waals surface area contributed by atoms with Crippen LogP contribution in [0.4, 0.5) is 18.0 Å². The molecule has 0 radical (unpaired) electrons. The van der Waals surface area contributed by atoms with Gasteiger partial charge in [-0.15, -0.1) is 0 Å². The minimum atomic E-state index is -4.33. The molecule has 2 amide bonds. The standard InChI is InChI=1S/C13H17F3N2O/c1-9(2)17-12(19)18(3)8-10-4-6-11(7-5-10)13(14,15)16/h4-7,9H,8H2,1-3H3,(H,17,19). The number of carbonyl (C=O) groups is 1. The van der Waals surface area contributed by atoms with E-state index < -0.39 is 11.7 Å². The lowest BCUT2D eigenvalue weighted by molar-refractivity contribution is -0.137. The summed E-state index contributed by atoms with van der Waals surface area (Å²) in [6, 6.07) is 4.55. The van der Waals surface area contributed by atoms with Crippen LogP contribution in [0.25, 0.3) is 0 Å². The van der Waals surface area contributed by atoms with Crippen LogP contribution in [0.1, 0.15) is 25.0 Å². The third-order valence-electron chi connectivity index (χ3n) is 2.46. The van der Waals surface area contributed by atoms with E-state index in [1.165, 1.54) is 17.0 Å². The maximum atomic E-state index is 12.4. The highest BCUT2D eigenvalue weighted by molar-refractivity contribution is 5.74. The Kier molecular flexibility index (Phi) is 4.80. The van der Waals surface area contributed by atoms with Crippen molar-refractivity contribution in [3.63, 3.8) is 0 Å². The first kappa shape index (κ1) is 15.3. The molecule has 3 nitrogen and oxygen atoms in total. The number of nitrogens with zero attached hydrogens (tertiary/aromatic N) is 1. The van der Waals surface area contributed by atoms with Gasteiger partial charge in [0.05, 0.1) is 5.56 Å². The summed E-state index contributed by atoms with van der Waals surface area (Å²) in [6.45, 7) is 3.93. The topological polar surface area (TPSA) is 32.3 Å². The smallest absolute Gasteiger partial charge is 0.336 e. The zero-order chi connectivity index (χ0) is 14.6. The molecule has 1 N–H and O–H groups in total. The summed E-state index contributed by atoms with van der Waals surface area (Å²) in [7, 11) is 1.59. The van der Waals surface area contributed by atoms with Crippen LogP contribution in [0.2, 0.25) is 0 Å². The highest BCUT2D eigenvalue weighted by atomic mass is 19.4. The number of halogens is 3. The normalized spacial score (nSPS) is 11.5. The molecular weight excluding hydrogens is 257 g/mol. The second-order valence-corrected chi connectivity index (χ2v) is 4.65. The number of benzene rings is 1. The van der Waals surface area contributed by atoms with Crippen molar-refractivity contribution in [2.75, 3.05) is 7.05 Å². The SMILES string of the molecule is CC(C)NC(=O)N(C)Cc1ccc(C(F)(F)F)cc1. The van der Waals surface area contributed by atoms with Crippen molar-refractivity contribution in [3.05, 3.63) is 35.4 Å². The second kappa shape index (κ2) is 5.95. The Balaban J connectivity index is 2.65. The summed E-state index contributed by atoms with van der Waals surface area (Å²) in [5.74, 6) is 0. The second-order valence-electron chi connectivity index (χ2n) is 4.65. The third kappa shape index (κ3) is 4.81. The number of rotatable bonds is 3. The van der Waals surface area contributed by atoms with Gasteiger partial charge in [-0.05, 0) is 31.5 Å². The Labute approximate surface area is 110 Å². The molecule has 6 heteroatoms. The van der Waals surface area contributed by atoms with E-state index in [1.807, 2.05) is 13.8 Å². The van der Waals surface area contributed by atoms with Crippen molar-refractivity contribution in [1.29, 1.82) is 0 Å². The summed E-state index contributed by atoms with van der Waals surface area (Å²) >= 11 is 0. The monoisotopic (exact) mass is 274 g/mol. The molecule has 0 aliphatic rings. The van der Waals surface area contributed by atoms with Crippen LogP contribution >= 0.6 is 0 Å². The highest BCUT2D eigenvalue weighted by Gasteiger charge is 2.29. The van der Waals surface area contributed by atoms with Crippen molar-refractivity contribution < 1.29 is 18.0 Å². The third-order valence-corrected chi connectivity index (χ3v) is 2.46. The maximum absolute atomic E-state index is 12.4. The first-order valence-electron chi connectivity index (χ1n) is 5.88. The van der Waals surface area contributed by atoms with E-state index >= 15 is 0 Å². The van der Waals surface area contributed by atoms with E-state index in [4.69, 9.17) is 0 Å². The average molecular weight is 274 g/mol. The summed E-state index contributed by atoms with van der Waals surface area (Å²) in [6.07, 6.45) is -4.33. The van der Waals surface area contributed by atoms with Crippen molar-refractivity contribution in [3.8, 4) is 0 Å². The zero-order valence-electron chi connectivity index (χ0n) is 11.1. The van der Waals surface area contributed by atoms with Crippen LogP contribution in [0, 0.1) is 0 Å². The van der Waals surface area contributed by atoms with Crippen molar-refractivity contribution in [2.24, 2.45) is 0 Å². The van der Waals surface area contributed by atoms with E-state index in [-0.39, 0.29) is 18.6 Å². The number of amides is 2. The predicted molar refractivity (Wildman–Crippen MR) is 66.6 cm³/mol. The summed E-state index contributed by atoms with van der Waals surface area (Å²) in [5, 5.41) is 2.71. The van der Waals surface area contributed by atoms with E-state index in [9.17, 15) is 18.0 Å². The minimum Gasteiger partial charge on any atom is -0.336 e. The molecule has 1 rings (SSSR count). The first-order chi connectivity index (χ1) is 8.70. The highest BCUT2D eigenvalue weighted by Crippen LogP contribution is 2.29. The first-order valence-corrected chi connectivity index (χ1v) is 5.88. The van der Waals surface area contributed by atoms with E-state index in [1.54, 1.807) is 7.05 Å². The molecular formula is C13H17F3N2O. The van der Waals surface area contributed by atoms with Gasteiger partial charge in [-0.2, -0.15) is 13.2 Å². The molecule has 0 saturated carbocycles. The predicted octanol–water partition coefficient (Wildman–Crippen LogP) is 3.26. The molecule has 1 aromatic rings. The number of hydrogen-bond donors (Lipinski definition) is 1. The molecule has 0 unspecified atom stereocenters. The van der Waals surface area contributed by atoms with Crippen LogP contribution in [-0.2, 0) is 12.7 Å². The lowest BCUT2D eigenvalue weighted by Gasteiger charge is -2.20. The minimum absolute atomic E-state index is 0.0163. The molecule has 0 aliphatic heterocycles. The molecule has 0 bridgehead atoms. The Morgan fingerprint density at radius 1 is 1.26 bits per heavy atom. The Hall–Kier alpha value is -1.72. The fourth-order valence-electron chi connectivity index (χ4n) is 1.50. The summed E-state index contributed by atoms with van der Waals surface area (Å²) in [4.78, 5) is 13.0. The van der Waals surface area contributed by atoms with E-state index in [2.05, 4.69) is 5.32 Å². The quantitative estimate of drug-likeness (QED) is 0.901. The van der Waals surface area contributed by atoms with Gasteiger partial charge in [0.2, 0.25) is 0 Å². The number of alkyl halides is 3. The van der Waals surface area contributed by atoms with Crippen LogP contribution in [-0.4, -0.2) is 24.0 Å². The van der Waals surface area contributed by atoms with Crippen LogP contribution in [0.15, 0.2) is 24.3 Å². The van der Waals surface area contributed by atoms with Gasteiger partial charge >= 0.3 is 12.2 Å². The van der Waals surface area contributed by atoms with Crippen LogP contribution in [0.3, 0.4) is 0 Å². The van der Waals surface area contributed by atoms with E-state index in [0.29, 0.717) is 5.56 Å². The van der Waals surface area contributed by atoms with Gasteiger partial charge in [-0.1, -0.05) is 12.1 Å². The Bertz CT molecular complexity index is 427. The molecule has 0 fully saturated rings. The Morgan fingerprint density at radius 3 is 2.21 bits per heavy atom. The van der Waals surface area contributed by atoms with Crippen molar-refractivity contribution in [1.82, 2.24) is 10.2 Å². The lowest BCUT2D eigenvalue weighted by Crippen LogP contribution is -2.40. The van der Waals surface area contributed by atoms with Gasteiger partial charge in [0.15, 0.2) is 0 Å². The van der Waals surface area contributed by atoms with E-state index in [0.717, 1.165) is 12.1 Å². The fourth-order valence-corrected chi connectivity index (χ4v) is 1.50. The van der Waals surface area contributed by atoms with Crippen LogP contribution in [0.5, 0.6) is 0 Å². The summed E-state index contributed by atoms with van der Waals surface area (Å²) in [5.41, 5.74) is -0.0417. The molecule has 0 atom stereocenters. The van der Waals surface area contributed by atoms with Gasteiger partial charge in [0, 0.05) is 19.6 Å². The van der Waals surface area contributed by atoms with Gasteiger partial charge < -0.3 is 10.2 Å². The largest absolute Gasteiger partial charge is 0.416 e. The Morgan fingerprint density at radius 2 is 1.79 bits per heavy atom. The molecule has 106 valence electrons. The lowest BCUT2D eigenvalue weighted by atomic mass is 10.1.